The molecule has 0 aliphatic carbocycles. The van der Waals surface area contributed by atoms with E-state index in [2.05, 4.69) is 22.3 Å². The SMILES string of the molecule is C=C(OCC(F)(F)F)/C(F)=C\C(=C/C)C1=CC2=C(C)NNN2C=C1. The number of hydrogen-bond donors (Lipinski definition) is 2. The zero-order chi connectivity index (χ0) is 17.9. The van der Waals surface area contributed by atoms with E-state index in [-0.39, 0.29) is 0 Å². The zero-order valence-electron chi connectivity index (χ0n) is 13.2. The Morgan fingerprint density at radius 3 is 2.75 bits per heavy atom. The van der Waals surface area contributed by atoms with Crippen LogP contribution in [0.2, 0.25) is 0 Å². The molecule has 8 heteroatoms. The van der Waals surface area contributed by atoms with E-state index in [0.717, 1.165) is 17.5 Å². The fraction of sp³-hybridized carbons (Fsp3) is 0.250. The molecule has 2 aliphatic rings. The molecule has 24 heavy (non-hydrogen) atoms. The first kappa shape index (κ1) is 17.9. The van der Waals surface area contributed by atoms with E-state index in [0.29, 0.717) is 11.1 Å². The second kappa shape index (κ2) is 6.96. The molecular formula is C16H17F4N3O. The van der Waals surface area contributed by atoms with Crippen molar-refractivity contribution in [1.29, 1.82) is 0 Å². The number of rotatable bonds is 5. The van der Waals surface area contributed by atoms with E-state index in [1.807, 2.05) is 13.0 Å². The Hall–Kier alpha value is -2.48. The summed E-state index contributed by atoms with van der Waals surface area (Å²) in [5.74, 6) is -1.62. The summed E-state index contributed by atoms with van der Waals surface area (Å²) in [6.07, 6.45) is 3.51. The van der Waals surface area contributed by atoms with E-state index in [1.165, 1.54) is 0 Å². The van der Waals surface area contributed by atoms with Gasteiger partial charge in [-0.3, -0.25) is 5.01 Å². The van der Waals surface area contributed by atoms with E-state index in [4.69, 9.17) is 0 Å². The highest BCUT2D eigenvalue weighted by Crippen LogP contribution is 2.27. The minimum absolute atomic E-state index is 0.493. The van der Waals surface area contributed by atoms with E-state index in [9.17, 15) is 17.6 Å². The first-order valence-corrected chi connectivity index (χ1v) is 7.05. The number of hydrazine groups is 2. The van der Waals surface area contributed by atoms with Gasteiger partial charge in [0.15, 0.2) is 12.4 Å². The average Bonchev–Trinajstić information content (AvgIpc) is 2.90. The van der Waals surface area contributed by atoms with Crippen LogP contribution in [-0.2, 0) is 4.74 Å². The number of fused-ring (bicyclic) bond motifs is 1. The zero-order valence-corrected chi connectivity index (χ0v) is 13.2. The summed E-state index contributed by atoms with van der Waals surface area (Å²) >= 11 is 0. The summed E-state index contributed by atoms with van der Waals surface area (Å²) < 4.78 is 54.7. The molecule has 2 aliphatic heterocycles. The Morgan fingerprint density at radius 1 is 1.42 bits per heavy atom. The maximum absolute atomic E-state index is 14.0. The Labute approximate surface area is 137 Å². The molecule has 0 spiro atoms. The molecule has 130 valence electrons. The van der Waals surface area contributed by atoms with Crippen LogP contribution in [0, 0.1) is 0 Å². The molecule has 0 aromatic carbocycles. The fourth-order valence-corrected chi connectivity index (χ4v) is 2.06. The number of hydrogen-bond acceptors (Lipinski definition) is 4. The number of halogens is 4. The lowest BCUT2D eigenvalue weighted by atomic mass is 10.0. The summed E-state index contributed by atoms with van der Waals surface area (Å²) in [6, 6.07) is 0. The molecule has 0 radical (unpaired) electrons. The Bertz CT molecular complexity index is 684. The first-order chi connectivity index (χ1) is 11.2. The lowest BCUT2D eigenvalue weighted by Crippen LogP contribution is -2.34. The third kappa shape index (κ3) is 4.29. The van der Waals surface area contributed by atoms with Crippen LogP contribution in [0.1, 0.15) is 13.8 Å². The highest BCUT2D eigenvalue weighted by atomic mass is 19.4. The maximum atomic E-state index is 14.0. The molecule has 0 fully saturated rings. The molecule has 0 bridgehead atoms. The van der Waals surface area contributed by atoms with Gasteiger partial charge in [-0.25, -0.2) is 4.39 Å². The van der Waals surface area contributed by atoms with Crippen LogP contribution in [0.5, 0.6) is 0 Å². The first-order valence-electron chi connectivity index (χ1n) is 7.05. The Morgan fingerprint density at radius 2 is 2.12 bits per heavy atom. The molecule has 0 saturated carbocycles. The third-order valence-corrected chi connectivity index (χ3v) is 3.31. The molecule has 0 aromatic heterocycles. The van der Waals surface area contributed by atoms with Gasteiger partial charge in [-0.1, -0.05) is 12.7 Å². The summed E-state index contributed by atoms with van der Waals surface area (Å²) in [6.45, 7) is 5.17. The lowest BCUT2D eigenvalue weighted by Gasteiger charge is -2.19. The van der Waals surface area contributed by atoms with Crippen molar-refractivity contribution in [2.75, 3.05) is 6.61 Å². The van der Waals surface area contributed by atoms with Crippen molar-refractivity contribution >= 4 is 0 Å². The van der Waals surface area contributed by atoms with Gasteiger partial charge in [-0.05, 0) is 43.2 Å². The van der Waals surface area contributed by atoms with Gasteiger partial charge in [0.05, 0.1) is 11.4 Å². The van der Waals surface area contributed by atoms with Crippen LogP contribution in [0.3, 0.4) is 0 Å². The molecule has 2 N–H and O–H groups in total. The van der Waals surface area contributed by atoms with Crippen molar-refractivity contribution in [3.63, 3.8) is 0 Å². The van der Waals surface area contributed by atoms with Gasteiger partial charge in [-0.15, -0.1) is 5.53 Å². The van der Waals surface area contributed by atoms with Crippen molar-refractivity contribution in [2.45, 2.75) is 20.0 Å². The van der Waals surface area contributed by atoms with Crippen LogP contribution in [0.25, 0.3) is 0 Å². The lowest BCUT2D eigenvalue weighted by molar-refractivity contribution is -0.164. The predicted octanol–water partition coefficient (Wildman–Crippen LogP) is 3.89. The Kier molecular flexibility index (Phi) is 5.18. The monoisotopic (exact) mass is 343 g/mol. The largest absolute Gasteiger partial charge is 0.482 e. The number of allylic oxidation sites excluding steroid dienone is 8. The van der Waals surface area contributed by atoms with Crippen LogP contribution in [-0.4, -0.2) is 17.8 Å². The van der Waals surface area contributed by atoms with Crippen molar-refractivity contribution in [3.05, 3.63) is 71.2 Å². The predicted molar refractivity (Wildman–Crippen MR) is 82.1 cm³/mol. The van der Waals surface area contributed by atoms with E-state index >= 15 is 0 Å². The molecule has 0 atom stereocenters. The Balaban J connectivity index is 2.15. The number of alkyl halides is 3. The van der Waals surface area contributed by atoms with Crippen molar-refractivity contribution < 1.29 is 22.3 Å². The van der Waals surface area contributed by atoms with Gasteiger partial charge in [0.25, 0.3) is 0 Å². The number of ether oxygens (including phenoxy) is 1. The standard InChI is InChI=1S/C16H17F4N3O/c1-4-12(7-14(17)11(3)24-9-16(18,19)20)13-5-6-23-15(8-13)10(2)21-22-23/h4-8,21-22H,3,9H2,1-2H3/b12-4+,14-7+. The summed E-state index contributed by atoms with van der Waals surface area (Å²) in [7, 11) is 0. The summed E-state index contributed by atoms with van der Waals surface area (Å²) in [4.78, 5) is 0. The highest BCUT2D eigenvalue weighted by molar-refractivity contribution is 5.53. The molecule has 0 amide bonds. The van der Waals surface area contributed by atoms with Crippen LogP contribution >= 0.6 is 0 Å². The topological polar surface area (TPSA) is 36.5 Å². The van der Waals surface area contributed by atoms with Gasteiger partial charge in [-0.2, -0.15) is 13.2 Å². The van der Waals surface area contributed by atoms with Gasteiger partial charge < -0.3 is 10.2 Å². The van der Waals surface area contributed by atoms with Gasteiger partial charge >= 0.3 is 6.18 Å². The third-order valence-electron chi connectivity index (χ3n) is 3.31. The van der Waals surface area contributed by atoms with Crippen LogP contribution < -0.4 is 11.0 Å². The van der Waals surface area contributed by atoms with Gasteiger partial charge in [0.1, 0.15) is 5.76 Å². The molecule has 2 rings (SSSR count). The fourth-order valence-electron chi connectivity index (χ4n) is 2.06. The van der Waals surface area contributed by atoms with Crippen LogP contribution in [0.4, 0.5) is 17.6 Å². The summed E-state index contributed by atoms with van der Waals surface area (Å²) in [5, 5.41) is 1.75. The second-order valence-electron chi connectivity index (χ2n) is 5.10. The van der Waals surface area contributed by atoms with Gasteiger partial charge in [0, 0.05) is 6.20 Å². The van der Waals surface area contributed by atoms with Gasteiger partial charge in [0.2, 0.25) is 0 Å². The highest BCUT2D eigenvalue weighted by Gasteiger charge is 2.29. The molecule has 0 aromatic rings. The quantitative estimate of drug-likeness (QED) is 0.451. The average molecular weight is 343 g/mol. The minimum atomic E-state index is -4.54. The van der Waals surface area contributed by atoms with Crippen molar-refractivity contribution in [2.24, 2.45) is 0 Å². The summed E-state index contributed by atoms with van der Waals surface area (Å²) in [5.41, 5.74) is 8.78. The normalized spacial score (nSPS) is 18.4. The molecule has 2 heterocycles. The number of nitrogens with zero attached hydrogens (tertiary/aromatic N) is 1. The van der Waals surface area contributed by atoms with E-state index < -0.39 is 24.4 Å². The maximum Gasteiger partial charge on any atom is 0.422 e. The van der Waals surface area contributed by atoms with Crippen molar-refractivity contribution in [1.82, 2.24) is 16.0 Å². The minimum Gasteiger partial charge on any atom is -0.482 e. The number of nitrogens with one attached hydrogen (secondary N) is 2. The molecule has 0 unspecified atom stereocenters. The smallest absolute Gasteiger partial charge is 0.422 e. The molecule has 4 nitrogen and oxygen atoms in total. The second-order valence-corrected chi connectivity index (χ2v) is 5.10. The van der Waals surface area contributed by atoms with Crippen LogP contribution in [0.15, 0.2) is 71.2 Å². The molecular weight excluding hydrogens is 326 g/mol. The van der Waals surface area contributed by atoms with E-state index in [1.54, 1.807) is 30.3 Å². The van der Waals surface area contributed by atoms with Crippen molar-refractivity contribution in [3.8, 4) is 0 Å². The molecule has 0 saturated heterocycles.